The molecule has 0 aliphatic heterocycles. The van der Waals surface area contributed by atoms with Crippen molar-refractivity contribution in [2.75, 3.05) is 26.7 Å². The summed E-state index contributed by atoms with van der Waals surface area (Å²) in [4.78, 5) is 9.78. The Balaban J connectivity index is 1.84. The van der Waals surface area contributed by atoms with Crippen LogP contribution in [0.25, 0.3) is 11.0 Å². The van der Waals surface area contributed by atoms with Crippen molar-refractivity contribution in [1.82, 2.24) is 14.9 Å². The van der Waals surface area contributed by atoms with Gasteiger partial charge in [0.25, 0.3) is 0 Å². The number of nitrogens with one attached hydrogen (secondary N) is 1. The lowest BCUT2D eigenvalue weighted by atomic mass is 10.1. The van der Waals surface area contributed by atoms with Crippen LogP contribution in [0.3, 0.4) is 0 Å². The Kier molecular flexibility index (Phi) is 4.93. The first-order chi connectivity index (χ1) is 9.19. The van der Waals surface area contributed by atoms with E-state index in [1.807, 2.05) is 0 Å². The highest BCUT2D eigenvalue weighted by atomic mass is 15.1. The fourth-order valence-corrected chi connectivity index (χ4v) is 2.46. The number of nitrogens with two attached hydrogens (primary N) is 1. The van der Waals surface area contributed by atoms with Crippen LogP contribution in [-0.2, 0) is 6.42 Å². The monoisotopic (exact) mass is 260 g/mol. The molecule has 0 amide bonds. The van der Waals surface area contributed by atoms with E-state index in [1.54, 1.807) is 6.33 Å². The molecular weight excluding hydrogens is 236 g/mol. The van der Waals surface area contributed by atoms with Gasteiger partial charge in [-0.1, -0.05) is 13.0 Å². The number of benzene rings is 1. The molecule has 0 spiro atoms. The summed E-state index contributed by atoms with van der Waals surface area (Å²) < 4.78 is 0. The number of likely N-dealkylation sites (N-methyl/N-ethyl adjacent to an activating group) is 1. The fraction of sp³-hybridized carbons (Fsp3) is 0.533. The molecule has 4 heteroatoms. The summed E-state index contributed by atoms with van der Waals surface area (Å²) in [6.07, 6.45) is 3.92. The van der Waals surface area contributed by atoms with Crippen LogP contribution in [0.5, 0.6) is 0 Å². The minimum Gasteiger partial charge on any atom is -0.345 e. The molecule has 0 aliphatic carbocycles. The first-order valence-electron chi connectivity index (χ1n) is 6.99. The number of H-pyrrole nitrogens is 1. The van der Waals surface area contributed by atoms with E-state index in [1.165, 1.54) is 5.56 Å². The van der Waals surface area contributed by atoms with Gasteiger partial charge in [0.05, 0.1) is 17.4 Å². The average Bonchev–Trinajstić information content (AvgIpc) is 2.83. The lowest BCUT2D eigenvalue weighted by molar-refractivity contribution is 0.283. The van der Waals surface area contributed by atoms with Gasteiger partial charge in [-0.3, -0.25) is 0 Å². The van der Waals surface area contributed by atoms with E-state index in [9.17, 15) is 0 Å². The Morgan fingerprint density at radius 2 is 2.26 bits per heavy atom. The largest absolute Gasteiger partial charge is 0.345 e. The summed E-state index contributed by atoms with van der Waals surface area (Å²) in [7, 11) is 2.18. The summed E-state index contributed by atoms with van der Waals surface area (Å²) >= 11 is 0. The van der Waals surface area contributed by atoms with Gasteiger partial charge in [0.15, 0.2) is 0 Å². The van der Waals surface area contributed by atoms with Crippen molar-refractivity contribution in [3.05, 3.63) is 30.1 Å². The predicted molar refractivity (Wildman–Crippen MR) is 80.1 cm³/mol. The Hall–Kier alpha value is -1.39. The molecule has 1 aromatic heterocycles. The van der Waals surface area contributed by atoms with E-state index in [4.69, 9.17) is 5.73 Å². The molecule has 0 saturated carbocycles. The molecule has 1 unspecified atom stereocenters. The summed E-state index contributed by atoms with van der Waals surface area (Å²) in [5, 5.41) is 0. The molecule has 1 heterocycles. The molecule has 0 saturated heterocycles. The molecular formula is C15H24N4. The molecule has 2 aromatic rings. The first kappa shape index (κ1) is 14.0. The fourth-order valence-electron chi connectivity index (χ4n) is 2.46. The number of nitrogens with zero attached hydrogens (tertiary/aromatic N) is 2. The van der Waals surface area contributed by atoms with Gasteiger partial charge < -0.3 is 15.6 Å². The SMILES string of the molecule is CC(CCN)CN(C)CCc1ccc2nc[nH]c2c1. The highest BCUT2D eigenvalue weighted by Crippen LogP contribution is 2.12. The van der Waals surface area contributed by atoms with E-state index in [0.29, 0.717) is 5.92 Å². The van der Waals surface area contributed by atoms with E-state index in [0.717, 1.165) is 43.5 Å². The van der Waals surface area contributed by atoms with Crippen LogP contribution < -0.4 is 5.73 Å². The number of hydrogen-bond acceptors (Lipinski definition) is 3. The van der Waals surface area contributed by atoms with Crippen molar-refractivity contribution in [3.8, 4) is 0 Å². The van der Waals surface area contributed by atoms with Crippen LogP contribution >= 0.6 is 0 Å². The van der Waals surface area contributed by atoms with Crippen molar-refractivity contribution in [3.63, 3.8) is 0 Å². The van der Waals surface area contributed by atoms with Crippen molar-refractivity contribution >= 4 is 11.0 Å². The van der Waals surface area contributed by atoms with Gasteiger partial charge in [0.1, 0.15) is 0 Å². The third-order valence-electron chi connectivity index (χ3n) is 3.55. The molecule has 0 fully saturated rings. The zero-order valence-corrected chi connectivity index (χ0v) is 11.9. The number of imidazole rings is 1. The van der Waals surface area contributed by atoms with Gasteiger partial charge in [-0.2, -0.15) is 0 Å². The summed E-state index contributed by atoms with van der Waals surface area (Å²) in [6, 6.07) is 6.44. The van der Waals surface area contributed by atoms with Gasteiger partial charge in [-0.05, 0) is 50.0 Å². The molecule has 4 nitrogen and oxygen atoms in total. The number of rotatable bonds is 7. The third kappa shape index (κ3) is 4.04. The lowest BCUT2D eigenvalue weighted by Crippen LogP contribution is -2.27. The molecule has 0 aliphatic rings. The quantitative estimate of drug-likeness (QED) is 0.801. The van der Waals surface area contributed by atoms with Crippen molar-refractivity contribution < 1.29 is 0 Å². The molecule has 2 rings (SSSR count). The van der Waals surface area contributed by atoms with Crippen LogP contribution in [0.2, 0.25) is 0 Å². The molecule has 1 aromatic carbocycles. The normalized spacial score (nSPS) is 13.3. The lowest BCUT2D eigenvalue weighted by Gasteiger charge is -2.20. The van der Waals surface area contributed by atoms with Gasteiger partial charge in [-0.15, -0.1) is 0 Å². The van der Waals surface area contributed by atoms with Gasteiger partial charge in [0.2, 0.25) is 0 Å². The standard InChI is InChI=1S/C15H24N4/c1-12(5-7-16)10-19(2)8-6-13-3-4-14-15(9-13)18-11-17-14/h3-4,9,11-12H,5-8,10,16H2,1-2H3,(H,17,18). The van der Waals surface area contributed by atoms with Gasteiger partial charge in [0, 0.05) is 13.1 Å². The van der Waals surface area contributed by atoms with E-state index in [2.05, 4.69) is 47.0 Å². The topological polar surface area (TPSA) is 57.9 Å². The molecule has 0 radical (unpaired) electrons. The number of aromatic nitrogens is 2. The average molecular weight is 260 g/mol. The second-order valence-electron chi connectivity index (χ2n) is 5.45. The molecule has 1 atom stereocenters. The van der Waals surface area contributed by atoms with E-state index >= 15 is 0 Å². The number of aromatic amines is 1. The first-order valence-corrected chi connectivity index (χ1v) is 6.99. The van der Waals surface area contributed by atoms with Crippen LogP contribution in [0.1, 0.15) is 18.9 Å². The maximum atomic E-state index is 5.58. The van der Waals surface area contributed by atoms with Crippen LogP contribution in [0, 0.1) is 5.92 Å². The molecule has 3 N–H and O–H groups in total. The smallest absolute Gasteiger partial charge is 0.0931 e. The van der Waals surface area contributed by atoms with Crippen LogP contribution in [0.4, 0.5) is 0 Å². The Labute approximate surface area is 115 Å². The van der Waals surface area contributed by atoms with Gasteiger partial charge >= 0.3 is 0 Å². The van der Waals surface area contributed by atoms with Crippen LogP contribution in [-0.4, -0.2) is 41.5 Å². The minimum absolute atomic E-state index is 0.671. The molecule has 0 bridgehead atoms. The van der Waals surface area contributed by atoms with Crippen LogP contribution in [0.15, 0.2) is 24.5 Å². The summed E-state index contributed by atoms with van der Waals surface area (Å²) in [5.41, 5.74) is 9.10. The maximum Gasteiger partial charge on any atom is 0.0931 e. The Bertz CT molecular complexity index is 506. The number of fused-ring (bicyclic) bond motifs is 1. The second-order valence-corrected chi connectivity index (χ2v) is 5.45. The highest BCUT2D eigenvalue weighted by molar-refractivity contribution is 5.75. The summed E-state index contributed by atoms with van der Waals surface area (Å²) in [6.45, 7) is 5.24. The highest BCUT2D eigenvalue weighted by Gasteiger charge is 2.06. The predicted octanol–water partition coefficient (Wildman–Crippen LogP) is 2.02. The van der Waals surface area contributed by atoms with Gasteiger partial charge in [-0.25, -0.2) is 4.98 Å². The Morgan fingerprint density at radius 3 is 3.05 bits per heavy atom. The summed E-state index contributed by atoms with van der Waals surface area (Å²) in [5.74, 6) is 0.671. The Morgan fingerprint density at radius 1 is 1.42 bits per heavy atom. The van der Waals surface area contributed by atoms with E-state index in [-0.39, 0.29) is 0 Å². The third-order valence-corrected chi connectivity index (χ3v) is 3.55. The second kappa shape index (κ2) is 6.68. The van der Waals surface area contributed by atoms with Crippen molar-refractivity contribution in [2.24, 2.45) is 11.7 Å². The minimum atomic E-state index is 0.671. The molecule has 104 valence electrons. The molecule has 19 heavy (non-hydrogen) atoms. The van der Waals surface area contributed by atoms with E-state index < -0.39 is 0 Å². The zero-order valence-electron chi connectivity index (χ0n) is 11.9. The maximum absolute atomic E-state index is 5.58. The zero-order chi connectivity index (χ0) is 13.7. The van der Waals surface area contributed by atoms with Crippen molar-refractivity contribution in [1.29, 1.82) is 0 Å². The van der Waals surface area contributed by atoms with Crippen molar-refractivity contribution in [2.45, 2.75) is 19.8 Å². The number of hydrogen-bond donors (Lipinski definition) is 2.